The van der Waals surface area contributed by atoms with Gasteiger partial charge in [0.1, 0.15) is 5.75 Å². The third-order valence-corrected chi connectivity index (χ3v) is 5.45. The zero-order chi connectivity index (χ0) is 22.3. The third-order valence-electron chi connectivity index (χ3n) is 4.06. The number of ether oxygens (including phenoxy) is 1. The smallest absolute Gasteiger partial charge is 0.271 e. The van der Waals surface area contributed by atoms with Crippen molar-refractivity contribution < 1.29 is 22.7 Å². The van der Waals surface area contributed by atoms with Crippen molar-refractivity contribution in [2.45, 2.75) is 11.8 Å². The number of anilines is 1. The molecular weight excluding hydrogens is 420 g/mol. The largest absolute Gasteiger partial charge is 0.494 e. The van der Waals surface area contributed by atoms with Crippen LogP contribution in [-0.4, -0.2) is 31.8 Å². The van der Waals surface area contributed by atoms with E-state index in [1.165, 1.54) is 48.8 Å². The van der Waals surface area contributed by atoms with Crippen molar-refractivity contribution in [2.75, 3.05) is 11.3 Å². The molecule has 0 spiro atoms. The van der Waals surface area contributed by atoms with Gasteiger partial charge in [-0.25, -0.2) is 8.42 Å². The van der Waals surface area contributed by atoms with Crippen LogP contribution in [0.25, 0.3) is 0 Å². The number of aromatic nitrogens is 1. The van der Waals surface area contributed by atoms with Gasteiger partial charge in [-0.3, -0.25) is 30.1 Å². The van der Waals surface area contributed by atoms with Gasteiger partial charge in [0.05, 0.1) is 17.1 Å². The highest BCUT2D eigenvalue weighted by atomic mass is 32.2. The first-order valence-corrected chi connectivity index (χ1v) is 10.7. The first kappa shape index (κ1) is 21.8. The number of benzene rings is 2. The average Bonchev–Trinajstić information content (AvgIpc) is 2.78. The van der Waals surface area contributed by atoms with Gasteiger partial charge in [0, 0.05) is 23.6 Å². The minimum absolute atomic E-state index is 0.0795. The molecule has 0 aliphatic rings. The maximum atomic E-state index is 12.5. The van der Waals surface area contributed by atoms with E-state index in [0.29, 0.717) is 17.9 Å². The van der Waals surface area contributed by atoms with Crippen LogP contribution in [0.3, 0.4) is 0 Å². The molecule has 0 unspecified atom stereocenters. The van der Waals surface area contributed by atoms with Crippen molar-refractivity contribution in [1.29, 1.82) is 0 Å². The summed E-state index contributed by atoms with van der Waals surface area (Å²) in [6.07, 6.45) is 2.90. The highest BCUT2D eigenvalue weighted by Crippen LogP contribution is 2.19. The second-order valence-electron chi connectivity index (χ2n) is 6.24. The van der Waals surface area contributed by atoms with E-state index in [0.717, 1.165) is 0 Å². The number of amides is 2. The number of sulfonamides is 1. The van der Waals surface area contributed by atoms with Gasteiger partial charge in [0.2, 0.25) is 0 Å². The summed E-state index contributed by atoms with van der Waals surface area (Å²) in [6.45, 7) is 2.32. The number of carbonyl (C=O) groups excluding carboxylic acids is 2. The summed E-state index contributed by atoms with van der Waals surface area (Å²) in [5.41, 5.74) is 5.38. The molecule has 0 aliphatic carbocycles. The van der Waals surface area contributed by atoms with Gasteiger partial charge in [0.25, 0.3) is 21.8 Å². The van der Waals surface area contributed by atoms with Gasteiger partial charge >= 0.3 is 0 Å². The zero-order valence-corrected chi connectivity index (χ0v) is 17.3. The van der Waals surface area contributed by atoms with Crippen LogP contribution in [0.4, 0.5) is 5.69 Å². The Morgan fingerprint density at radius 1 is 0.903 bits per heavy atom. The van der Waals surface area contributed by atoms with Gasteiger partial charge in [-0.1, -0.05) is 0 Å². The Morgan fingerprint density at radius 3 is 2.13 bits per heavy atom. The summed E-state index contributed by atoms with van der Waals surface area (Å²) in [6, 6.07) is 15.0. The molecule has 0 atom stereocenters. The van der Waals surface area contributed by atoms with Gasteiger partial charge in [-0.2, -0.15) is 0 Å². The number of nitrogens with zero attached hydrogens (tertiary/aromatic N) is 1. The minimum atomic E-state index is -3.80. The first-order chi connectivity index (χ1) is 14.9. The predicted molar refractivity (Wildman–Crippen MR) is 114 cm³/mol. The Balaban J connectivity index is 1.60. The van der Waals surface area contributed by atoms with E-state index in [1.54, 1.807) is 24.3 Å². The van der Waals surface area contributed by atoms with Gasteiger partial charge in [-0.05, 0) is 67.6 Å². The molecule has 10 heteroatoms. The van der Waals surface area contributed by atoms with Gasteiger partial charge in [0.15, 0.2) is 0 Å². The molecule has 0 saturated heterocycles. The van der Waals surface area contributed by atoms with E-state index in [-0.39, 0.29) is 16.1 Å². The van der Waals surface area contributed by atoms with Crippen molar-refractivity contribution in [2.24, 2.45) is 0 Å². The molecule has 3 aromatic rings. The third kappa shape index (κ3) is 5.80. The summed E-state index contributed by atoms with van der Waals surface area (Å²) in [4.78, 5) is 28.0. The molecule has 2 aromatic carbocycles. The summed E-state index contributed by atoms with van der Waals surface area (Å²) in [5.74, 6) is -0.494. The van der Waals surface area contributed by atoms with E-state index in [4.69, 9.17) is 4.74 Å². The van der Waals surface area contributed by atoms with Crippen LogP contribution in [0.15, 0.2) is 78.0 Å². The van der Waals surface area contributed by atoms with Crippen molar-refractivity contribution in [3.63, 3.8) is 0 Å². The van der Waals surface area contributed by atoms with E-state index in [2.05, 4.69) is 20.6 Å². The lowest BCUT2D eigenvalue weighted by molar-refractivity contribution is 0.0846. The zero-order valence-electron chi connectivity index (χ0n) is 16.5. The first-order valence-electron chi connectivity index (χ1n) is 9.25. The lowest BCUT2D eigenvalue weighted by Crippen LogP contribution is -2.41. The summed E-state index contributed by atoms with van der Waals surface area (Å²) >= 11 is 0. The fourth-order valence-corrected chi connectivity index (χ4v) is 3.60. The molecule has 1 aromatic heterocycles. The number of rotatable bonds is 7. The standard InChI is InChI=1S/C21H20N4O5S/c1-2-30-18-9-11-19(12-10-18)31(28,29)25-17-7-5-15(6-8-17)20(26)23-24-21(27)16-4-3-13-22-14-16/h3-14,25H,2H2,1H3,(H,23,26)(H,24,27). The minimum Gasteiger partial charge on any atom is -0.494 e. The highest BCUT2D eigenvalue weighted by molar-refractivity contribution is 7.92. The topological polar surface area (TPSA) is 126 Å². The molecule has 0 radical (unpaired) electrons. The number of hydrogen-bond acceptors (Lipinski definition) is 6. The van der Waals surface area contributed by atoms with Crippen LogP contribution < -0.4 is 20.3 Å². The van der Waals surface area contributed by atoms with E-state index in [1.807, 2.05) is 6.92 Å². The fraction of sp³-hybridized carbons (Fsp3) is 0.0952. The maximum absolute atomic E-state index is 12.5. The van der Waals surface area contributed by atoms with Gasteiger partial charge in [-0.15, -0.1) is 0 Å². The average molecular weight is 440 g/mol. The Kier molecular flexibility index (Phi) is 6.83. The summed E-state index contributed by atoms with van der Waals surface area (Å²) < 4.78 is 32.8. The quantitative estimate of drug-likeness (QED) is 0.484. The van der Waals surface area contributed by atoms with Crippen LogP contribution in [0.1, 0.15) is 27.6 Å². The Hall–Kier alpha value is -3.92. The molecule has 2 amide bonds. The number of pyridine rings is 1. The molecule has 160 valence electrons. The van der Waals surface area contributed by atoms with Crippen molar-refractivity contribution in [1.82, 2.24) is 15.8 Å². The molecule has 3 N–H and O–H groups in total. The number of carbonyl (C=O) groups is 2. The normalized spacial score (nSPS) is 10.7. The lowest BCUT2D eigenvalue weighted by atomic mass is 10.2. The van der Waals surface area contributed by atoms with Crippen LogP contribution in [-0.2, 0) is 10.0 Å². The molecule has 0 aliphatic heterocycles. The van der Waals surface area contributed by atoms with E-state index in [9.17, 15) is 18.0 Å². The van der Waals surface area contributed by atoms with Gasteiger partial charge < -0.3 is 4.74 Å². The maximum Gasteiger partial charge on any atom is 0.271 e. The van der Waals surface area contributed by atoms with E-state index >= 15 is 0 Å². The van der Waals surface area contributed by atoms with Crippen LogP contribution in [0.2, 0.25) is 0 Å². The lowest BCUT2D eigenvalue weighted by Gasteiger charge is -2.10. The second kappa shape index (κ2) is 9.72. The van der Waals surface area contributed by atoms with E-state index < -0.39 is 21.8 Å². The van der Waals surface area contributed by atoms with Crippen molar-refractivity contribution in [3.05, 3.63) is 84.2 Å². The Bertz CT molecular complexity index is 1150. The molecule has 9 nitrogen and oxygen atoms in total. The number of hydrogen-bond donors (Lipinski definition) is 3. The summed E-state index contributed by atoms with van der Waals surface area (Å²) in [5, 5.41) is 0. The molecular formula is C21H20N4O5S. The molecule has 0 bridgehead atoms. The second-order valence-corrected chi connectivity index (χ2v) is 7.92. The molecule has 0 saturated carbocycles. The summed E-state index contributed by atoms with van der Waals surface area (Å²) in [7, 11) is -3.80. The molecule has 3 rings (SSSR count). The Morgan fingerprint density at radius 2 is 1.55 bits per heavy atom. The van der Waals surface area contributed by atoms with Crippen LogP contribution in [0, 0.1) is 0 Å². The molecule has 0 fully saturated rings. The highest BCUT2D eigenvalue weighted by Gasteiger charge is 2.15. The Labute approximate surface area is 179 Å². The number of hydrazine groups is 1. The molecule has 1 heterocycles. The number of nitrogens with one attached hydrogen (secondary N) is 3. The van der Waals surface area contributed by atoms with Crippen LogP contribution >= 0.6 is 0 Å². The predicted octanol–water partition coefficient (Wildman–Crippen LogP) is 2.36. The SMILES string of the molecule is CCOc1ccc(S(=O)(=O)Nc2ccc(C(=O)NNC(=O)c3cccnc3)cc2)cc1. The van der Waals surface area contributed by atoms with Crippen molar-refractivity contribution >= 4 is 27.5 Å². The molecule has 31 heavy (non-hydrogen) atoms. The van der Waals surface area contributed by atoms with Crippen LogP contribution in [0.5, 0.6) is 5.75 Å². The monoisotopic (exact) mass is 440 g/mol. The fourth-order valence-electron chi connectivity index (χ4n) is 2.54. The van der Waals surface area contributed by atoms with Crippen molar-refractivity contribution in [3.8, 4) is 5.75 Å².